The molecular weight excluding hydrogens is 191 g/mol. The van der Waals surface area contributed by atoms with Crippen molar-refractivity contribution in [2.24, 2.45) is 0 Å². The molecule has 16 heavy (non-hydrogen) atoms. The van der Waals surface area contributed by atoms with Crippen LogP contribution < -0.4 is 0 Å². The fraction of sp³-hybridized carbons (Fsp3) is 1.00. The summed E-state index contributed by atoms with van der Waals surface area (Å²) in [6.45, 7) is 6.96. The molecule has 0 amide bonds. The minimum atomic E-state index is 1.02. The van der Waals surface area contributed by atoms with Crippen LogP contribution in [-0.4, -0.2) is 7.28 Å². The third kappa shape index (κ3) is 10.6. The van der Waals surface area contributed by atoms with E-state index in [2.05, 4.69) is 20.7 Å². The second kappa shape index (κ2) is 13.1. The van der Waals surface area contributed by atoms with E-state index in [9.17, 15) is 0 Å². The zero-order valence-corrected chi connectivity index (χ0v) is 12.1. The molecule has 0 fully saturated rings. The fourth-order valence-corrected chi connectivity index (χ4v) is 2.53. The van der Waals surface area contributed by atoms with Gasteiger partial charge in [0.1, 0.15) is 7.28 Å². The van der Waals surface area contributed by atoms with Crippen molar-refractivity contribution in [3.05, 3.63) is 0 Å². The topological polar surface area (TPSA) is 0 Å². The zero-order chi connectivity index (χ0) is 12.1. The molecule has 0 nitrogen and oxygen atoms in total. The van der Waals surface area contributed by atoms with E-state index in [-0.39, 0.29) is 0 Å². The van der Waals surface area contributed by atoms with Gasteiger partial charge in [-0.15, -0.1) is 0 Å². The van der Waals surface area contributed by atoms with Crippen molar-refractivity contribution in [3.63, 3.8) is 0 Å². The Morgan fingerprint density at radius 3 is 1.75 bits per heavy atom. The molecule has 1 atom stereocenters. The van der Waals surface area contributed by atoms with Gasteiger partial charge in [0.25, 0.3) is 0 Å². The number of hydrogen-bond acceptors (Lipinski definition) is 0. The van der Waals surface area contributed by atoms with E-state index >= 15 is 0 Å². The first-order chi connectivity index (χ1) is 7.85. The Morgan fingerprint density at radius 2 is 1.25 bits per heavy atom. The highest BCUT2D eigenvalue weighted by Gasteiger charge is 2.05. The number of unbranched alkanes of at least 4 members (excludes halogenated alkanes) is 7. The van der Waals surface area contributed by atoms with Crippen molar-refractivity contribution in [2.45, 2.75) is 97.1 Å². The third-order valence-electron chi connectivity index (χ3n) is 3.74. The van der Waals surface area contributed by atoms with Crippen molar-refractivity contribution in [1.29, 1.82) is 0 Å². The molecule has 0 aromatic rings. The van der Waals surface area contributed by atoms with Crippen LogP contribution in [0.5, 0.6) is 0 Å². The summed E-state index contributed by atoms with van der Waals surface area (Å²) in [5.74, 6) is 1.02. The first-order valence-corrected chi connectivity index (χ1v) is 7.85. The summed E-state index contributed by atoms with van der Waals surface area (Å²) < 4.78 is 0. The van der Waals surface area contributed by atoms with E-state index in [1.54, 1.807) is 0 Å². The Bertz CT molecular complexity index is 123. The molecule has 0 N–H and O–H groups in total. The second-order valence-corrected chi connectivity index (χ2v) is 5.33. The highest BCUT2D eigenvalue weighted by Crippen LogP contribution is 2.20. The maximum absolute atomic E-state index is 2.35. The third-order valence-corrected chi connectivity index (χ3v) is 3.74. The Morgan fingerprint density at radius 1 is 0.688 bits per heavy atom. The maximum Gasteiger partial charge on any atom is 0.120 e. The lowest BCUT2D eigenvalue weighted by Crippen LogP contribution is -1.99. The van der Waals surface area contributed by atoms with E-state index in [0.29, 0.717) is 0 Å². The van der Waals surface area contributed by atoms with Crippen molar-refractivity contribution in [2.75, 3.05) is 0 Å². The Labute approximate surface area is 105 Å². The molecule has 1 heteroatoms. The predicted octanol–water partition coefficient (Wildman–Crippen LogP) is 5.59. The van der Waals surface area contributed by atoms with Crippen LogP contribution in [0, 0.1) is 0 Å². The van der Waals surface area contributed by atoms with Crippen LogP contribution in [0.3, 0.4) is 0 Å². The average molecular weight is 224 g/mol. The van der Waals surface area contributed by atoms with Gasteiger partial charge in [-0.3, -0.25) is 0 Å². The largest absolute Gasteiger partial charge is 0.120 e. The summed E-state index contributed by atoms with van der Waals surface area (Å²) in [5.41, 5.74) is 0. The first kappa shape index (κ1) is 16.1. The van der Waals surface area contributed by atoms with Crippen LogP contribution in [0.1, 0.15) is 84.5 Å². The van der Waals surface area contributed by atoms with Gasteiger partial charge in [-0.2, -0.15) is 0 Å². The summed E-state index contributed by atoms with van der Waals surface area (Å²) in [7, 11) is 1.39. The monoisotopic (exact) mass is 224 g/mol. The summed E-state index contributed by atoms with van der Waals surface area (Å²) in [5, 5.41) is 0. The first-order valence-electron chi connectivity index (χ1n) is 7.85. The van der Waals surface area contributed by atoms with Gasteiger partial charge < -0.3 is 0 Å². The molecule has 1 unspecified atom stereocenters. The van der Waals surface area contributed by atoms with Crippen LogP contribution in [0.4, 0.5) is 0 Å². The summed E-state index contributed by atoms with van der Waals surface area (Å²) in [6.07, 6.45) is 16.0. The molecule has 0 heterocycles. The molecule has 0 aliphatic carbocycles. The van der Waals surface area contributed by atoms with Crippen LogP contribution in [0.2, 0.25) is 12.6 Å². The molecule has 0 bridgehead atoms. The second-order valence-electron chi connectivity index (χ2n) is 5.33. The molecule has 0 aliphatic heterocycles. The van der Waals surface area contributed by atoms with E-state index in [1.807, 2.05) is 0 Å². The molecule has 0 aromatic carbocycles. The lowest BCUT2D eigenvalue weighted by Gasteiger charge is -2.12. The number of rotatable bonds is 12. The van der Waals surface area contributed by atoms with Crippen LogP contribution in [-0.2, 0) is 0 Å². The highest BCUT2D eigenvalue weighted by molar-refractivity contribution is 6.35. The molecule has 96 valence electrons. The Hall–Kier alpha value is 0.0649. The highest BCUT2D eigenvalue weighted by atomic mass is 14.0. The van der Waals surface area contributed by atoms with Crippen LogP contribution in [0.15, 0.2) is 0 Å². The minimum Gasteiger partial charge on any atom is -0.0891 e. The maximum atomic E-state index is 2.35. The molecule has 0 aliphatic rings. The predicted molar refractivity (Wildman–Crippen MR) is 78.9 cm³/mol. The van der Waals surface area contributed by atoms with Gasteiger partial charge in [-0.25, -0.2) is 0 Å². The smallest absolute Gasteiger partial charge is 0.0891 e. The quantitative estimate of drug-likeness (QED) is 0.299. The summed E-state index contributed by atoms with van der Waals surface area (Å²) in [4.78, 5) is 0. The Balaban J connectivity index is 3.12. The van der Waals surface area contributed by atoms with E-state index in [1.165, 1.54) is 77.9 Å². The molecule has 0 aromatic heterocycles. The normalized spacial score (nSPS) is 12.7. The molecule has 0 saturated heterocycles. The molecule has 0 rings (SSSR count). The van der Waals surface area contributed by atoms with Crippen molar-refractivity contribution >= 4 is 7.28 Å². The average Bonchev–Trinajstić information content (AvgIpc) is 2.31. The Kier molecular flexibility index (Phi) is 13.2. The molecule has 0 radical (unpaired) electrons. The van der Waals surface area contributed by atoms with E-state index in [4.69, 9.17) is 0 Å². The lowest BCUT2D eigenvalue weighted by molar-refractivity contribution is 0.546. The van der Waals surface area contributed by atoms with E-state index < -0.39 is 0 Å². The van der Waals surface area contributed by atoms with Gasteiger partial charge in [-0.05, 0) is 0 Å². The SMILES string of the molecule is CBC(CCC)CCCCCCCCCC. The number of hydrogen-bond donors (Lipinski definition) is 0. The van der Waals surface area contributed by atoms with Crippen LogP contribution >= 0.6 is 0 Å². The standard InChI is InChI=1S/C15H33B/c1-4-6-7-8-9-10-11-12-14-15(16-3)13-5-2/h15-16H,4-14H2,1-3H3. The van der Waals surface area contributed by atoms with Gasteiger partial charge >= 0.3 is 0 Å². The summed E-state index contributed by atoms with van der Waals surface area (Å²) >= 11 is 0. The van der Waals surface area contributed by atoms with Gasteiger partial charge in [0.05, 0.1) is 0 Å². The van der Waals surface area contributed by atoms with Crippen molar-refractivity contribution < 1.29 is 0 Å². The van der Waals surface area contributed by atoms with Gasteiger partial charge in [0.2, 0.25) is 0 Å². The molecule has 0 saturated carbocycles. The van der Waals surface area contributed by atoms with Gasteiger partial charge in [0.15, 0.2) is 0 Å². The molecular formula is C15H33B. The zero-order valence-electron chi connectivity index (χ0n) is 12.1. The van der Waals surface area contributed by atoms with Gasteiger partial charge in [-0.1, -0.05) is 97.1 Å². The lowest BCUT2D eigenvalue weighted by atomic mass is 9.63. The van der Waals surface area contributed by atoms with Gasteiger partial charge in [0, 0.05) is 0 Å². The fourth-order valence-electron chi connectivity index (χ4n) is 2.53. The minimum absolute atomic E-state index is 1.02. The molecule has 0 spiro atoms. The van der Waals surface area contributed by atoms with Crippen molar-refractivity contribution in [1.82, 2.24) is 0 Å². The van der Waals surface area contributed by atoms with Crippen molar-refractivity contribution in [3.8, 4) is 0 Å². The van der Waals surface area contributed by atoms with Crippen LogP contribution in [0.25, 0.3) is 0 Å². The summed E-state index contributed by atoms with van der Waals surface area (Å²) in [6, 6.07) is 0. The van der Waals surface area contributed by atoms with E-state index in [0.717, 1.165) is 5.82 Å².